The second kappa shape index (κ2) is 7.20. The van der Waals surface area contributed by atoms with Gasteiger partial charge in [-0.05, 0) is 45.1 Å². The molecule has 116 valence electrons. The smallest absolute Gasteiger partial charge is 0.225 e. The van der Waals surface area contributed by atoms with Gasteiger partial charge in [-0.25, -0.2) is 4.98 Å². The number of fused-ring (bicyclic) bond motifs is 1. The number of rotatable bonds is 4. The molecule has 0 radical (unpaired) electrons. The molecule has 0 saturated heterocycles. The number of aryl methyl sites for hydroxylation is 2. The Morgan fingerprint density at radius 3 is 2.48 bits per heavy atom. The number of benzene rings is 1. The number of carbonyl (C=O) groups is 1. The summed E-state index contributed by atoms with van der Waals surface area (Å²) in [6.07, 6.45) is 0. The number of thiazole rings is 1. The third-order valence-corrected chi connectivity index (χ3v) is 4.42. The number of anilines is 1. The summed E-state index contributed by atoms with van der Waals surface area (Å²) in [6, 6.07) is 4.23. The molecular weight excluding hydrogens is 306 g/mol. The van der Waals surface area contributed by atoms with E-state index in [2.05, 4.69) is 35.9 Å². The number of halogens is 1. The van der Waals surface area contributed by atoms with Crippen molar-refractivity contribution in [3.05, 3.63) is 23.3 Å². The van der Waals surface area contributed by atoms with Crippen LogP contribution in [-0.2, 0) is 4.79 Å². The van der Waals surface area contributed by atoms with Gasteiger partial charge < -0.3 is 4.90 Å². The van der Waals surface area contributed by atoms with Crippen LogP contribution in [0.5, 0.6) is 0 Å². The van der Waals surface area contributed by atoms with E-state index in [1.165, 1.54) is 15.8 Å². The quantitative estimate of drug-likeness (QED) is 0.865. The maximum Gasteiger partial charge on any atom is 0.225 e. The first kappa shape index (κ1) is 17.9. The van der Waals surface area contributed by atoms with Crippen LogP contribution in [-0.4, -0.2) is 43.0 Å². The Hall–Kier alpha value is -1.17. The lowest BCUT2D eigenvalue weighted by molar-refractivity contribution is -0.116. The molecule has 2 rings (SSSR count). The molecule has 0 aliphatic carbocycles. The number of hydrogen-bond acceptors (Lipinski definition) is 4. The maximum atomic E-state index is 11.9. The van der Waals surface area contributed by atoms with E-state index in [0.29, 0.717) is 6.54 Å². The predicted molar refractivity (Wildman–Crippen MR) is 92.9 cm³/mol. The van der Waals surface area contributed by atoms with Gasteiger partial charge in [-0.2, -0.15) is 0 Å². The number of amides is 1. The maximum absolute atomic E-state index is 11.9. The molecule has 4 nitrogen and oxygen atoms in total. The third kappa shape index (κ3) is 4.15. The summed E-state index contributed by atoms with van der Waals surface area (Å²) in [4.78, 5) is 20.3. The van der Waals surface area contributed by atoms with E-state index in [-0.39, 0.29) is 18.3 Å². The van der Waals surface area contributed by atoms with Crippen molar-refractivity contribution >= 4 is 45.0 Å². The van der Waals surface area contributed by atoms with Crippen LogP contribution in [0.3, 0.4) is 0 Å². The molecule has 1 aromatic heterocycles. The first-order chi connectivity index (χ1) is 9.38. The van der Waals surface area contributed by atoms with Crippen molar-refractivity contribution in [2.45, 2.75) is 20.8 Å². The van der Waals surface area contributed by atoms with Crippen molar-refractivity contribution in [2.24, 2.45) is 0 Å². The van der Waals surface area contributed by atoms with Gasteiger partial charge >= 0.3 is 0 Å². The summed E-state index contributed by atoms with van der Waals surface area (Å²) < 4.78 is 1.17. The van der Waals surface area contributed by atoms with Gasteiger partial charge in [0.2, 0.25) is 5.91 Å². The number of likely N-dealkylation sites (N-methyl/N-ethyl adjacent to an activating group) is 1. The van der Waals surface area contributed by atoms with E-state index in [0.717, 1.165) is 17.2 Å². The summed E-state index contributed by atoms with van der Waals surface area (Å²) in [7, 11) is 4.01. The summed E-state index contributed by atoms with van der Waals surface area (Å²) in [5, 5.41) is 0.794. The van der Waals surface area contributed by atoms with Gasteiger partial charge in [0.05, 0.1) is 10.2 Å². The summed E-state index contributed by atoms with van der Waals surface area (Å²) in [5.74, 6) is 0.0419. The molecule has 0 aliphatic heterocycles. The van der Waals surface area contributed by atoms with Crippen molar-refractivity contribution in [1.29, 1.82) is 0 Å². The van der Waals surface area contributed by atoms with E-state index in [1.807, 2.05) is 14.1 Å². The molecule has 2 aromatic rings. The lowest BCUT2D eigenvalue weighted by atomic mass is 10.1. The van der Waals surface area contributed by atoms with E-state index >= 15 is 0 Å². The minimum atomic E-state index is 0. The second-order valence-corrected chi connectivity index (χ2v) is 6.38. The second-order valence-electron chi connectivity index (χ2n) is 5.40. The topological polar surface area (TPSA) is 36.4 Å². The molecule has 0 spiro atoms. The monoisotopic (exact) mass is 327 g/mol. The number of aromatic nitrogens is 1. The molecule has 0 aliphatic rings. The number of carbonyl (C=O) groups excluding carboxylic acids is 1. The van der Waals surface area contributed by atoms with Crippen LogP contribution in [0.25, 0.3) is 10.2 Å². The highest BCUT2D eigenvalue weighted by atomic mass is 35.5. The Kier molecular flexibility index (Phi) is 6.13. The largest absolute Gasteiger partial charge is 0.308 e. The number of hydrogen-bond donors (Lipinski definition) is 0. The van der Waals surface area contributed by atoms with Crippen LogP contribution in [0, 0.1) is 13.8 Å². The Morgan fingerprint density at radius 1 is 1.24 bits per heavy atom. The molecule has 6 heteroatoms. The van der Waals surface area contributed by atoms with Gasteiger partial charge in [0, 0.05) is 20.0 Å². The molecule has 0 N–H and O–H groups in total. The minimum absolute atomic E-state index is 0. The van der Waals surface area contributed by atoms with Crippen LogP contribution in [0.1, 0.15) is 18.1 Å². The average Bonchev–Trinajstić information content (AvgIpc) is 2.72. The van der Waals surface area contributed by atoms with Crippen molar-refractivity contribution in [2.75, 3.05) is 32.1 Å². The van der Waals surface area contributed by atoms with Gasteiger partial charge in [0.15, 0.2) is 5.13 Å². The van der Waals surface area contributed by atoms with Crippen LogP contribution < -0.4 is 4.90 Å². The van der Waals surface area contributed by atoms with Crippen molar-refractivity contribution in [1.82, 2.24) is 9.88 Å². The summed E-state index contributed by atoms with van der Waals surface area (Å²) in [6.45, 7) is 7.25. The molecule has 0 fully saturated rings. The highest BCUT2D eigenvalue weighted by Crippen LogP contribution is 2.32. The van der Waals surface area contributed by atoms with E-state index in [9.17, 15) is 4.79 Å². The first-order valence-electron chi connectivity index (χ1n) is 6.69. The minimum Gasteiger partial charge on any atom is -0.308 e. The third-order valence-electron chi connectivity index (χ3n) is 3.19. The standard InChI is InChI=1S/C15H21N3OS.ClH/c1-10-8-11(2)14-13(9-10)16-15(20-14)18(12(3)19)7-6-17(4)5;/h8-9H,6-7H2,1-5H3;1H. The first-order valence-corrected chi connectivity index (χ1v) is 7.50. The predicted octanol–water partition coefficient (Wildman–Crippen LogP) is 3.25. The van der Waals surface area contributed by atoms with Crippen LogP contribution >= 0.6 is 23.7 Å². The molecule has 1 amide bonds. The fourth-order valence-electron chi connectivity index (χ4n) is 2.17. The van der Waals surface area contributed by atoms with Crippen molar-refractivity contribution in [3.8, 4) is 0 Å². The average molecular weight is 328 g/mol. The summed E-state index contributed by atoms with van der Waals surface area (Å²) in [5.41, 5.74) is 3.41. The lowest BCUT2D eigenvalue weighted by Crippen LogP contribution is -2.35. The SMILES string of the molecule is CC(=O)N(CCN(C)C)c1nc2cc(C)cc(C)c2s1.Cl. The van der Waals surface area contributed by atoms with Gasteiger partial charge in [0.25, 0.3) is 0 Å². The van der Waals surface area contributed by atoms with E-state index in [1.54, 1.807) is 23.2 Å². The molecule has 21 heavy (non-hydrogen) atoms. The zero-order valence-corrected chi connectivity index (χ0v) is 14.8. The Morgan fingerprint density at radius 2 is 1.90 bits per heavy atom. The zero-order valence-electron chi connectivity index (χ0n) is 13.1. The van der Waals surface area contributed by atoms with Gasteiger partial charge in [-0.15, -0.1) is 12.4 Å². The van der Waals surface area contributed by atoms with Crippen LogP contribution in [0.15, 0.2) is 12.1 Å². The van der Waals surface area contributed by atoms with Gasteiger partial charge in [0.1, 0.15) is 0 Å². The van der Waals surface area contributed by atoms with Gasteiger partial charge in [-0.1, -0.05) is 17.4 Å². The zero-order chi connectivity index (χ0) is 14.9. The molecule has 1 aromatic carbocycles. The van der Waals surface area contributed by atoms with Gasteiger partial charge in [-0.3, -0.25) is 9.69 Å². The number of nitrogens with zero attached hydrogens (tertiary/aromatic N) is 3. The molecule has 1 heterocycles. The highest BCUT2D eigenvalue weighted by Gasteiger charge is 2.17. The lowest BCUT2D eigenvalue weighted by Gasteiger charge is -2.20. The van der Waals surface area contributed by atoms with Crippen molar-refractivity contribution < 1.29 is 4.79 Å². The Bertz CT molecular complexity index is 639. The molecular formula is C15H22ClN3OS. The van der Waals surface area contributed by atoms with E-state index < -0.39 is 0 Å². The molecule has 0 unspecified atom stereocenters. The fraction of sp³-hybridized carbons (Fsp3) is 0.467. The molecule has 0 atom stereocenters. The Labute approximate surface area is 136 Å². The van der Waals surface area contributed by atoms with Crippen LogP contribution in [0.4, 0.5) is 5.13 Å². The Balaban J connectivity index is 0.00000220. The normalized spacial score (nSPS) is 10.8. The molecule has 0 bridgehead atoms. The summed E-state index contributed by atoms with van der Waals surface area (Å²) >= 11 is 1.60. The highest BCUT2D eigenvalue weighted by molar-refractivity contribution is 7.22. The van der Waals surface area contributed by atoms with Crippen LogP contribution in [0.2, 0.25) is 0 Å². The fourth-order valence-corrected chi connectivity index (χ4v) is 3.25. The van der Waals surface area contributed by atoms with Crippen molar-refractivity contribution in [3.63, 3.8) is 0 Å². The molecule has 0 saturated carbocycles. The van der Waals surface area contributed by atoms with E-state index in [4.69, 9.17) is 0 Å².